The Hall–Kier alpha value is -3.00. The summed E-state index contributed by atoms with van der Waals surface area (Å²) in [5.41, 5.74) is 4.14. The van der Waals surface area contributed by atoms with E-state index in [1.54, 1.807) is 40.7 Å². The quantitative estimate of drug-likeness (QED) is 0.682. The third-order valence-corrected chi connectivity index (χ3v) is 5.37. The SMILES string of the molecule is Cc1cc(C(=O)N2CCOCC2c2c(C)nn(-c3ccccc3F)c2C)n(C)n1. The van der Waals surface area contributed by atoms with Gasteiger partial charge in [-0.2, -0.15) is 10.2 Å². The average Bonchev–Trinajstić information content (AvgIpc) is 3.19. The first-order chi connectivity index (χ1) is 13.9. The van der Waals surface area contributed by atoms with Gasteiger partial charge in [-0.1, -0.05) is 12.1 Å². The molecule has 0 spiro atoms. The lowest BCUT2D eigenvalue weighted by molar-refractivity contribution is -0.00360. The fraction of sp³-hybridized carbons (Fsp3) is 0.381. The Balaban J connectivity index is 1.75. The van der Waals surface area contributed by atoms with Crippen molar-refractivity contribution in [1.82, 2.24) is 24.5 Å². The molecule has 3 aromatic rings. The number of morpholine rings is 1. The van der Waals surface area contributed by atoms with Crippen LogP contribution in [0.25, 0.3) is 5.69 Å². The van der Waals surface area contributed by atoms with Crippen LogP contribution in [0.1, 0.15) is 39.2 Å². The van der Waals surface area contributed by atoms with Gasteiger partial charge in [0.05, 0.1) is 30.6 Å². The normalized spacial score (nSPS) is 17.0. The van der Waals surface area contributed by atoms with E-state index in [1.165, 1.54) is 6.07 Å². The molecular formula is C21H24FN5O2. The molecular weight excluding hydrogens is 373 g/mol. The van der Waals surface area contributed by atoms with Crippen LogP contribution < -0.4 is 0 Å². The second-order valence-corrected chi connectivity index (χ2v) is 7.33. The third-order valence-electron chi connectivity index (χ3n) is 5.37. The van der Waals surface area contributed by atoms with Crippen molar-refractivity contribution in [1.29, 1.82) is 0 Å². The van der Waals surface area contributed by atoms with Crippen LogP contribution in [0.5, 0.6) is 0 Å². The molecule has 1 unspecified atom stereocenters. The minimum atomic E-state index is -0.345. The average molecular weight is 397 g/mol. The van der Waals surface area contributed by atoms with Crippen LogP contribution in [-0.2, 0) is 11.8 Å². The van der Waals surface area contributed by atoms with E-state index in [-0.39, 0.29) is 17.8 Å². The van der Waals surface area contributed by atoms with Crippen LogP contribution >= 0.6 is 0 Å². The summed E-state index contributed by atoms with van der Waals surface area (Å²) in [6.07, 6.45) is 0. The summed E-state index contributed by atoms with van der Waals surface area (Å²) in [7, 11) is 1.77. The molecule has 0 aliphatic carbocycles. The van der Waals surface area contributed by atoms with Crippen LogP contribution in [0.4, 0.5) is 4.39 Å². The number of hydrogen-bond donors (Lipinski definition) is 0. The maximum absolute atomic E-state index is 14.4. The smallest absolute Gasteiger partial charge is 0.272 e. The van der Waals surface area contributed by atoms with Gasteiger partial charge in [0, 0.05) is 24.8 Å². The number of aryl methyl sites for hydroxylation is 3. The van der Waals surface area contributed by atoms with E-state index >= 15 is 0 Å². The Bertz CT molecular complexity index is 1070. The van der Waals surface area contributed by atoms with Gasteiger partial charge in [-0.3, -0.25) is 9.48 Å². The van der Waals surface area contributed by atoms with Gasteiger partial charge in [-0.05, 0) is 39.0 Å². The molecule has 1 aliphatic rings. The number of nitrogens with zero attached hydrogens (tertiary/aromatic N) is 5. The Morgan fingerprint density at radius 2 is 1.97 bits per heavy atom. The van der Waals surface area contributed by atoms with Crippen LogP contribution in [0.15, 0.2) is 30.3 Å². The predicted molar refractivity (Wildman–Crippen MR) is 106 cm³/mol. The van der Waals surface area contributed by atoms with E-state index in [1.807, 2.05) is 25.7 Å². The lowest BCUT2D eigenvalue weighted by Gasteiger charge is -2.36. The number of para-hydroxylation sites is 1. The van der Waals surface area contributed by atoms with Crippen molar-refractivity contribution in [3.63, 3.8) is 0 Å². The number of halogens is 1. The predicted octanol–water partition coefficient (Wildman–Crippen LogP) is 2.88. The zero-order chi connectivity index (χ0) is 20.7. The first-order valence-corrected chi connectivity index (χ1v) is 9.59. The lowest BCUT2D eigenvalue weighted by atomic mass is 10.0. The van der Waals surface area contributed by atoms with Crippen molar-refractivity contribution in [2.24, 2.45) is 7.05 Å². The highest BCUT2D eigenvalue weighted by Crippen LogP contribution is 2.32. The molecule has 7 nitrogen and oxygen atoms in total. The molecule has 2 aromatic heterocycles. The number of carbonyl (C=O) groups is 1. The lowest BCUT2D eigenvalue weighted by Crippen LogP contribution is -2.44. The highest BCUT2D eigenvalue weighted by Gasteiger charge is 2.34. The third kappa shape index (κ3) is 3.33. The van der Waals surface area contributed by atoms with Crippen LogP contribution in [0.3, 0.4) is 0 Å². The molecule has 1 aliphatic heterocycles. The highest BCUT2D eigenvalue weighted by molar-refractivity contribution is 5.93. The van der Waals surface area contributed by atoms with E-state index in [0.717, 1.165) is 22.6 Å². The van der Waals surface area contributed by atoms with Crippen LogP contribution in [0, 0.1) is 26.6 Å². The van der Waals surface area contributed by atoms with Gasteiger partial charge in [0.25, 0.3) is 5.91 Å². The maximum atomic E-state index is 14.4. The molecule has 3 heterocycles. The van der Waals surface area contributed by atoms with Crippen LogP contribution in [-0.4, -0.2) is 50.1 Å². The van der Waals surface area contributed by atoms with Gasteiger partial charge < -0.3 is 9.64 Å². The molecule has 29 heavy (non-hydrogen) atoms. The summed E-state index contributed by atoms with van der Waals surface area (Å²) < 4.78 is 23.3. The summed E-state index contributed by atoms with van der Waals surface area (Å²) in [6.45, 7) is 6.95. The minimum absolute atomic E-state index is 0.0983. The van der Waals surface area contributed by atoms with E-state index in [4.69, 9.17) is 4.74 Å². The van der Waals surface area contributed by atoms with Crippen molar-refractivity contribution < 1.29 is 13.9 Å². The molecule has 1 amide bonds. The second-order valence-electron chi connectivity index (χ2n) is 7.33. The summed E-state index contributed by atoms with van der Waals surface area (Å²) in [6, 6.07) is 8.02. The Labute approximate surface area is 168 Å². The van der Waals surface area contributed by atoms with Crippen molar-refractivity contribution in [3.05, 3.63) is 64.5 Å². The Morgan fingerprint density at radius 3 is 2.66 bits per heavy atom. The largest absolute Gasteiger partial charge is 0.377 e. The van der Waals surface area contributed by atoms with Crippen molar-refractivity contribution in [2.45, 2.75) is 26.8 Å². The zero-order valence-corrected chi connectivity index (χ0v) is 17.0. The van der Waals surface area contributed by atoms with E-state index in [9.17, 15) is 9.18 Å². The first kappa shape index (κ1) is 19.3. The number of rotatable bonds is 3. The number of hydrogen-bond acceptors (Lipinski definition) is 4. The van der Waals surface area contributed by atoms with Gasteiger partial charge in [0.1, 0.15) is 17.2 Å². The van der Waals surface area contributed by atoms with Gasteiger partial charge in [0.15, 0.2) is 0 Å². The van der Waals surface area contributed by atoms with Crippen molar-refractivity contribution in [3.8, 4) is 5.69 Å². The second kappa shape index (κ2) is 7.44. The molecule has 1 atom stereocenters. The fourth-order valence-electron chi connectivity index (χ4n) is 4.04. The van der Waals surface area contributed by atoms with Crippen LogP contribution in [0.2, 0.25) is 0 Å². The van der Waals surface area contributed by atoms with Gasteiger partial charge in [-0.25, -0.2) is 9.07 Å². The number of amides is 1. The zero-order valence-electron chi connectivity index (χ0n) is 17.0. The van der Waals surface area contributed by atoms with E-state index in [0.29, 0.717) is 31.1 Å². The standard InChI is InChI=1S/C21H24FN5O2/c1-13-11-18(25(4)23-13)21(28)26-9-10-29-12-19(26)20-14(2)24-27(15(20)3)17-8-6-5-7-16(17)22/h5-8,11,19H,9-10,12H2,1-4H3. The molecule has 0 saturated carbocycles. The molecule has 0 N–H and O–H groups in total. The Kier molecular flexibility index (Phi) is 4.96. The first-order valence-electron chi connectivity index (χ1n) is 9.59. The highest BCUT2D eigenvalue weighted by atomic mass is 19.1. The summed E-state index contributed by atoms with van der Waals surface area (Å²) >= 11 is 0. The molecule has 0 bridgehead atoms. The number of benzene rings is 1. The number of carbonyl (C=O) groups excluding carboxylic acids is 1. The van der Waals surface area contributed by atoms with Gasteiger partial charge >= 0.3 is 0 Å². The summed E-state index contributed by atoms with van der Waals surface area (Å²) in [5.74, 6) is -0.443. The molecule has 1 aromatic carbocycles. The summed E-state index contributed by atoms with van der Waals surface area (Å²) in [4.78, 5) is 15.1. The number of aromatic nitrogens is 4. The summed E-state index contributed by atoms with van der Waals surface area (Å²) in [5, 5.41) is 8.86. The Morgan fingerprint density at radius 1 is 1.21 bits per heavy atom. The monoisotopic (exact) mass is 397 g/mol. The molecule has 0 radical (unpaired) electrons. The van der Waals surface area contributed by atoms with E-state index < -0.39 is 0 Å². The maximum Gasteiger partial charge on any atom is 0.272 e. The number of ether oxygens (including phenoxy) is 1. The topological polar surface area (TPSA) is 65.2 Å². The van der Waals surface area contributed by atoms with Gasteiger partial charge in [0.2, 0.25) is 0 Å². The molecule has 1 fully saturated rings. The molecule has 8 heteroatoms. The van der Waals surface area contributed by atoms with Gasteiger partial charge in [-0.15, -0.1) is 0 Å². The molecule has 4 rings (SSSR count). The molecule has 1 saturated heterocycles. The molecule has 152 valence electrons. The fourth-order valence-corrected chi connectivity index (χ4v) is 4.04. The van der Waals surface area contributed by atoms with Crippen molar-refractivity contribution >= 4 is 5.91 Å². The van der Waals surface area contributed by atoms with E-state index in [2.05, 4.69) is 10.2 Å². The minimum Gasteiger partial charge on any atom is -0.377 e. The van der Waals surface area contributed by atoms with Crippen molar-refractivity contribution in [2.75, 3.05) is 19.8 Å².